The number of hydrogen-bond acceptors (Lipinski definition) is 1. The Morgan fingerprint density at radius 2 is 1.60 bits per heavy atom. The Kier molecular flexibility index (Phi) is 2.50. The standard InChI is InChI=1S/C13H12FN/c1-9-3-8-13(15-10(9)2)11-4-6-12(14)7-5-11/h3-8H,1-2H3. The van der Waals surface area contributed by atoms with Crippen molar-refractivity contribution in [2.24, 2.45) is 0 Å². The van der Waals surface area contributed by atoms with Crippen LogP contribution in [0, 0.1) is 19.7 Å². The van der Waals surface area contributed by atoms with Crippen molar-refractivity contribution in [3.8, 4) is 11.3 Å². The Balaban J connectivity index is 2.45. The first-order valence-corrected chi connectivity index (χ1v) is 4.87. The zero-order valence-electron chi connectivity index (χ0n) is 8.79. The van der Waals surface area contributed by atoms with Crippen molar-refractivity contribution < 1.29 is 4.39 Å². The summed E-state index contributed by atoms with van der Waals surface area (Å²) in [5.41, 5.74) is 4.01. The molecule has 0 aliphatic heterocycles. The van der Waals surface area contributed by atoms with Crippen molar-refractivity contribution in [3.05, 3.63) is 53.5 Å². The van der Waals surface area contributed by atoms with Gasteiger partial charge in [-0.3, -0.25) is 4.98 Å². The van der Waals surface area contributed by atoms with Crippen LogP contribution in [-0.4, -0.2) is 4.98 Å². The summed E-state index contributed by atoms with van der Waals surface area (Å²) >= 11 is 0. The smallest absolute Gasteiger partial charge is 0.123 e. The van der Waals surface area contributed by atoms with E-state index in [1.165, 1.54) is 17.7 Å². The molecule has 0 aliphatic rings. The van der Waals surface area contributed by atoms with E-state index in [4.69, 9.17) is 0 Å². The molecule has 2 aromatic rings. The van der Waals surface area contributed by atoms with E-state index in [0.717, 1.165) is 17.0 Å². The maximum Gasteiger partial charge on any atom is 0.123 e. The fourth-order valence-electron chi connectivity index (χ4n) is 1.41. The molecule has 0 spiro atoms. The Morgan fingerprint density at radius 1 is 0.933 bits per heavy atom. The molecule has 0 fully saturated rings. The number of aryl methyl sites for hydroxylation is 2. The van der Waals surface area contributed by atoms with Gasteiger partial charge < -0.3 is 0 Å². The number of hydrogen-bond donors (Lipinski definition) is 0. The number of aromatic nitrogens is 1. The summed E-state index contributed by atoms with van der Waals surface area (Å²) in [5.74, 6) is -0.220. The van der Waals surface area contributed by atoms with Gasteiger partial charge in [-0.15, -0.1) is 0 Å². The van der Waals surface area contributed by atoms with Gasteiger partial charge in [-0.05, 0) is 49.7 Å². The lowest BCUT2D eigenvalue weighted by Crippen LogP contribution is -1.90. The van der Waals surface area contributed by atoms with E-state index in [9.17, 15) is 4.39 Å². The highest BCUT2D eigenvalue weighted by molar-refractivity contribution is 5.59. The second kappa shape index (κ2) is 3.81. The molecule has 1 nitrogen and oxygen atoms in total. The molecule has 1 aromatic carbocycles. The van der Waals surface area contributed by atoms with Crippen molar-refractivity contribution in [2.45, 2.75) is 13.8 Å². The SMILES string of the molecule is Cc1ccc(-c2ccc(F)cc2)nc1C. The van der Waals surface area contributed by atoms with Gasteiger partial charge in [-0.25, -0.2) is 4.39 Å². The summed E-state index contributed by atoms with van der Waals surface area (Å²) in [4.78, 5) is 4.45. The Bertz CT molecular complexity index is 474. The van der Waals surface area contributed by atoms with Crippen LogP contribution in [0.2, 0.25) is 0 Å². The second-order valence-corrected chi connectivity index (χ2v) is 3.61. The molecule has 1 heterocycles. The van der Waals surface area contributed by atoms with Gasteiger partial charge in [0.15, 0.2) is 0 Å². The second-order valence-electron chi connectivity index (χ2n) is 3.61. The van der Waals surface area contributed by atoms with Crippen LogP contribution in [0.5, 0.6) is 0 Å². The highest BCUT2D eigenvalue weighted by atomic mass is 19.1. The third-order valence-corrected chi connectivity index (χ3v) is 2.49. The van der Waals surface area contributed by atoms with Crippen LogP contribution in [0.1, 0.15) is 11.3 Å². The minimum atomic E-state index is -0.220. The van der Waals surface area contributed by atoms with E-state index in [0.29, 0.717) is 0 Å². The van der Waals surface area contributed by atoms with Crippen LogP contribution >= 0.6 is 0 Å². The monoisotopic (exact) mass is 201 g/mol. The summed E-state index contributed by atoms with van der Waals surface area (Å²) in [6.45, 7) is 4.00. The maximum absolute atomic E-state index is 12.7. The molecule has 0 saturated carbocycles. The largest absolute Gasteiger partial charge is 0.253 e. The zero-order chi connectivity index (χ0) is 10.8. The fourth-order valence-corrected chi connectivity index (χ4v) is 1.41. The minimum absolute atomic E-state index is 0.220. The zero-order valence-corrected chi connectivity index (χ0v) is 8.79. The van der Waals surface area contributed by atoms with E-state index in [1.807, 2.05) is 26.0 Å². The molecule has 76 valence electrons. The molecule has 0 saturated heterocycles. The lowest BCUT2D eigenvalue weighted by Gasteiger charge is -2.04. The van der Waals surface area contributed by atoms with Gasteiger partial charge in [0.05, 0.1) is 5.69 Å². The summed E-state index contributed by atoms with van der Waals surface area (Å²) in [6, 6.07) is 10.4. The molecule has 1 aromatic heterocycles. The van der Waals surface area contributed by atoms with Crippen molar-refractivity contribution in [1.82, 2.24) is 4.98 Å². The molecular weight excluding hydrogens is 189 g/mol. The van der Waals surface area contributed by atoms with Gasteiger partial charge in [0, 0.05) is 11.3 Å². The third-order valence-electron chi connectivity index (χ3n) is 2.49. The molecule has 2 heteroatoms. The van der Waals surface area contributed by atoms with E-state index in [-0.39, 0.29) is 5.82 Å². The van der Waals surface area contributed by atoms with Gasteiger partial charge in [0.1, 0.15) is 5.82 Å². The number of halogens is 1. The van der Waals surface area contributed by atoms with E-state index in [1.54, 1.807) is 12.1 Å². The first-order chi connectivity index (χ1) is 7.16. The Morgan fingerprint density at radius 3 is 2.20 bits per heavy atom. The van der Waals surface area contributed by atoms with E-state index < -0.39 is 0 Å². The van der Waals surface area contributed by atoms with Crippen molar-refractivity contribution in [1.29, 1.82) is 0 Å². The molecule has 0 atom stereocenters. The summed E-state index contributed by atoms with van der Waals surface area (Å²) in [5, 5.41) is 0. The maximum atomic E-state index is 12.7. The van der Waals surface area contributed by atoms with Crippen LogP contribution in [0.4, 0.5) is 4.39 Å². The topological polar surface area (TPSA) is 12.9 Å². The fraction of sp³-hybridized carbons (Fsp3) is 0.154. The van der Waals surface area contributed by atoms with Crippen LogP contribution in [0.3, 0.4) is 0 Å². The van der Waals surface area contributed by atoms with Gasteiger partial charge >= 0.3 is 0 Å². The van der Waals surface area contributed by atoms with E-state index >= 15 is 0 Å². The first-order valence-electron chi connectivity index (χ1n) is 4.87. The summed E-state index contributed by atoms with van der Waals surface area (Å²) < 4.78 is 12.7. The molecular formula is C13H12FN. The average molecular weight is 201 g/mol. The molecule has 0 bridgehead atoms. The van der Waals surface area contributed by atoms with Crippen LogP contribution in [0.15, 0.2) is 36.4 Å². The van der Waals surface area contributed by atoms with Crippen LogP contribution in [0.25, 0.3) is 11.3 Å². The predicted molar refractivity (Wildman–Crippen MR) is 59.1 cm³/mol. The normalized spacial score (nSPS) is 10.3. The van der Waals surface area contributed by atoms with Gasteiger partial charge in [0.25, 0.3) is 0 Å². The first kappa shape index (κ1) is 9.84. The van der Waals surface area contributed by atoms with Crippen LogP contribution in [-0.2, 0) is 0 Å². The lowest BCUT2D eigenvalue weighted by molar-refractivity contribution is 0.628. The van der Waals surface area contributed by atoms with Gasteiger partial charge in [-0.2, -0.15) is 0 Å². The summed E-state index contributed by atoms with van der Waals surface area (Å²) in [6.07, 6.45) is 0. The molecule has 15 heavy (non-hydrogen) atoms. The highest BCUT2D eigenvalue weighted by Crippen LogP contribution is 2.18. The number of nitrogens with zero attached hydrogens (tertiary/aromatic N) is 1. The summed E-state index contributed by atoms with van der Waals surface area (Å²) in [7, 11) is 0. The molecule has 0 radical (unpaired) electrons. The molecule has 2 rings (SSSR count). The molecule has 0 amide bonds. The Labute approximate surface area is 88.6 Å². The predicted octanol–water partition coefficient (Wildman–Crippen LogP) is 3.50. The van der Waals surface area contributed by atoms with Gasteiger partial charge in [-0.1, -0.05) is 6.07 Å². The quantitative estimate of drug-likeness (QED) is 0.688. The lowest BCUT2D eigenvalue weighted by atomic mass is 10.1. The third kappa shape index (κ3) is 2.04. The van der Waals surface area contributed by atoms with Crippen molar-refractivity contribution in [3.63, 3.8) is 0 Å². The van der Waals surface area contributed by atoms with Crippen molar-refractivity contribution >= 4 is 0 Å². The van der Waals surface area contributed by atoms with Gasteiger partial charge in [0.2, 0.25) is 0 Å². The van der Waals surface area contributed by atoms with Crippen molar-refractivity contribution in [2.75, 3.05) is 0 Å². The number of rotatable bonds is 1. The molecule has 0 N–H and O–H groups in total. The van der Waals surface area contributed by atoms with Crippen LogP contribution < -0.4 is 0 Å². The Hall–Kier alpha value is -1.70. The minimum Gasteiger partial charge on any atom is -0.253 e. The highest BCUT2D eigenvalue weighted by Gasteiger charge is 2.01. The average Bonchev–Trinajstić information content (AvgIpc) is 2.23. The number of benzene rings is 1. The van der Waals surface area contributed by atoms with E-state index in [2.05, 4.69) is 4.98 Å². The number of pyridine rings is 1. The molecule has 0 aliphatic carbocycles. The molecule has 0 unspecified atom stereocenters.